The zero-order chi connectivity index (χ0) is 10.8. The minimum absolute atomic E-state index is 0.0364. The normalized spacial score (nSPS) is 36.2. The van der Waals surface area contributed by atoms with E-state index >= 15 is 0 Å². The van der Waals surface area contributed by atoms with Gasteiger partial charge < -0.3 is 9.84 Å². The third kappa shape index (κ3) is 2.35. The summed E-state index contributed by atoms with van der Waals surface area (Å²) in [6.07, 6.45) is 3.32. The topological polar surface area (TPSA) is 32.7 Å². The molecule has 0 radical (unpaired) electrons. The summed E-state index contributed by atoms with van der Waals surface area (Å²) in [5.41, 5.74) is 0. The number of aliphatic hydroxyl groups excluding tert-OH is 1. The van der Waals surface area contributed by atoms with Gasteiger partial charge in [0.1, 0.15) is 0 Å². The predicted octanol–water partition coefficient (Wildman–Crippen LogP) is 1.26. The molecule has 2 aliphatic rings. The smallest absolute Gasteiger partial charge is 0.0963 e. The highest BCUT2D eigenvalue weighted by molar-refractivity contribution is 4.88. The maximum Gasteiger partial charge on any atom is 0.0963 e. The molecule has 2 aliphatic heterocycles. The Morgan fingerprint density at radius 1 is 1.53 bits per heavy atom. The largest absolute Gasteiger partial charge is 0.390 e. The van der Waals surface area contributed by atoms with Crippen LogP contribution in [-0.4, -0.2) is 48.0 Å². The zero-order valence-electron chi connectivity index (χ0n) is 9.85. The van der Waals surface area contributed by atoms with Gasteiger partial charge in [0.05, 0.1) is 18.8 Å². The maximum absolute atomic E-state index is 10.1. The third-order valence-corrected chi connectivity index (χ3v) is 4.02. The van der Waals surface area contributed by atoms with Crippen molar-refractivity contribution in [3.05, 3.63) is 0 Å². The van der Waals surface area contributed by atoms with Gasteiger partial charge in [0, 0.05) is 12.6 Å². The van der Waals surface area contributed by atoms with Crippen molar-refractivity contribution in [3.63, 3.8) is 0 Å². The summed E-state index contributed by atoms with van der Waals surface area (Å²) in [7, 11) is 0. The molecule has 0 bridgehead atoms. The fourth-order valence-electron chi connectivity index (χ4n) is 2.66. The molecule has 0 spiro atoms. The number of fused-ring (bicyclic) bond motifs is 1. The van der Waals surface area contributed by atoms with E-state index in [1.807, 2.05) is 0 Å². The molecule has 88 valence electrons. The molecule has 2 rings (SSSR count). The highest BCUT2D eigenvalue weighted by Crippen LogP contribution is 2.25. The van der Waals surface area contributed by atoms with Crippen molar-refractivity contribution < 1.29 is 9.84 Å². The molecule has 0 aromatic rings. The van der Waals surface area contributed by atoms with Crippen LogP contribution in [0.5, 0.6) is 0 Å². The lowest BCUT2D eigenvalue weighted by molar-refractivity contribution is -0.115. The minimum atomic E-state index is -0.295. The Kier molecular flexibility index (Phi) is 3.65. The van der Waals surface area contributed by atoms with Gasteiger partial charge in [-0.2, -0.15) is 0 Å². The summed E-state index contributed by atoms with van der Waals surface area (Å²) < 4.78 is 5.78. The van der Waals surface area contributed by atoms with Crippen molar-refractivity contribution in [2.75, 3.05) is 19.7 Å². The van der Waals surface area contributed by atoms with Gasteiger partial charge in [-0.3, -0.25) is 4.90 Å². The van der Waals surface area contributed by atoms with E-state index in [9.17, 15) is 5.11 Å². The molecule has 3 nitrogen and oxygen atoms in total. The van der Waals surface area contributed by atoms with Crippen LogP contribution in [0.25, 0.3) is 0 Å². The molecule has 4 unspecified atom stereocenters. The fraction of sp³-hybridized carbons (Fsp3) is 1.00. The van der Waals surface area contributed by atoms with Gasteiger partial charge in [-0.05, 0) is 25.3 Å². The van der Waals surface area contributed by atoms with Crippen LogP contribution in [0.15, 0.2) is 0 Å². The van der Waals surface area contributed by atoms with Crippen molar-refractivity contribution in [1.29, 1.82) is 0 Å². The molecule has 0 aliphatic carbocycles. The van der Waals surface area contributed by atoms with Gasteiger partial charge in [0.2, 0.25) is 0 Å². The molecule has 3 heteroatoms. The van der Waals surface area contributed by atoms with Gasteiger partial charge in [0.25, 0.3) is 0 Å². The number of ether oxygens (including phenoxy) is 1. The molecule has 1 N–H and O–H groups in total. The Hall–Kier alpha value is -0.120. The molecule has 2 saturated heterocycles. The summed E-state index contributed by atoms with van der Waals surface area (Å²) in [4.78, 5) is 2.49. The summed E-state index contributed by atoms with van der Waals surface area (Å²) in [6.45, 7) is 7.16. The Morgan fingerprint density at radius 3 is 3.07 bits per heavy atom. The summed E-state index contributed by atoms with van der Waals surface area (Å²) in [5.74, 6) is 0.342. The van der Waals surface area contributed by atoms with Crippen LogP contribution in [0.4, 0.5) is 0 Å². The Labute approximate surface area is 92.4 Å². The standard InChI is InChI=1S/C12H23NO2/c1-3-9(2)12(14)11-7-13-6-4-5-10(13)8-15-11/h9-12,14H,3-8H2,1-2H3. The van der Waals surface area contributed by atoms with Crippen LogP contribution in [0, 0.1) is 5.92 Å². The highest BCUT2D eigenvalue weighted by atomic mass is 16.5. The van der Waals surface area contributed by atoms with Crippen LogP contribution in [0.2, 0.25) is 0 Å². The van der Waals surface area contributed by atoms with Gasteiger partial charge in [-0.25, -0.2) is 0 Å². The number of nitrogens with zero attached hydrogens (tertiary/aromatic N) is 1. The van der Waals surface area contributed by atoms with Crippen molar-refractivity contribution in [1.82, 2.24) is 4.90 Å². The second kappa shape index (κ2) is 4.81. The maximum atomic E-state index is 10.1. The quantitative estimate of drug-likeness (QED) is 0.766. The third-order valence-electron chi connectivity index (χ3n) is 4.02. The average Bonchev–Trinajstić information content (AvgIpc) is 2.73. The van der Waals surface area contributed by atoms with Crippen LogP contribution < -0.4 is 0 Å². The number of hydrogen-bond acceptors (Lipinski definition) is 3. The van der Waals surface area contributed by atoms with Gasteiger partial charge in [-0.1, -0.05) is 20.3 Å². The van der Waals surface area contributed by atoms with Crippen molar-refractivity contribution in [2.45, 2.75) is 51.4 Å². The molecule has 15 heavy (non-hydrogen) atoms. The van der Waals surface area contributed by atoms with Crippen molar-refractivity contribution in [2.24, 2.45) is 5.92 Å². The number of hydrogen-bond donors (Lipinski definition) is 1. The lowest BCUT2D eigenvalue weighted by Gasteiger charge is -2.38. The zero-order valence-corrected chi connectivity index (χ0v) is 9.85. The second-order valence-corrected chi connectivity index (χ2v) is 5.04. The lowest BCUT2D eigenvalue weighted by atomic mass is 9.96. The molecule has 0 aromatic carbocycles. The van der Waals surface area contributed by atoms with E-state index in [-0.39, 0.29) is 12.2 Å². The molecular formula is C12H23NO2. The first-order valence-corrected chi connectivity index (χ1v) is 6.26. The molecule has 0 saturated carbocycles. The van der Waals surface area contributed by atoms with Crippen molar-refractivity contribution in [3.8, 4) is 0 Å². The summed E-state index contributed by atoms with van der Waals surface area (Å²) >= 11 is 0. The summed E-state index contributed by atoms with van der Waals surface area (Å²) in [5, 5.41) is 10.1. The molecule has 0 aromatic heterocycles. The first kappa shape index (κ1) is 11.4. The van der Waals surface area contributed by atoms with E-state index in [0.29, 0.717) is 12.0 Å². The average molecular weight is 213 g/mol. The molecule has 0 amide bonds. The predicted molar refractivity (Wildman–Crippen MR) is 59.8 cm³/mol. The highest BCUT2D eigenvalue weighted by Gasteiger charge is 2.36. The van der Waals surface area contributed by atoms with E-state index in [2.05, 4.69) is 18.7 Å². The van der Waals surface area contributed by atoms with Crippen molar-refractivity contribution >= 4 is 0 Å². The van der Waals surface area contributed by atoms with E-state index in [4.69, 9.17) is 4.74 Å². The first-order chi connectivity index (χ1) is 7.22. The molecular weight excluding hydrogens is 190 g/mol. The second-order valence-electron chi connectivity index (χ2n) is 5.04. The van der Waals surface area contributed by atoms with Gasteiger partial charge in [0.15, 0.2) is 0 Å². The Bertz CT molecular complexity index is 210. The molecule has 2 fully saturated rings. The monoisotopic (exact) mass is 213 g/mol. The van der Waals surface area contributed by atoms with Crippen LogP contribution in [-0.2, 0) is 4.74 Å². The van der Waals surface area contributed by atoms with Gasteiger partial charge >= 0.3 is 0 Å². The molecule has 2 heterocycles. The van der Waals surface area contributed by atoms with Crippen LogP contribution in [0.1, 0.15) is 33.1 Å². The lowest BCUT2D eigenvalue weighted by Crippen LogP contribution is -2.51. The summed E-state index contributed by atoms with van der Waals surface area (Å²) in [6, 6.07) is 0.630. The SMILES string of the molecule is CCC(C)C(O)C1CN2CCCC2CO1. The first-order valence-electron chi connectivity index (χ1n) is 6.26. The van der Waals surface area contributed by atoms with E-state index < -0.39 is 0 Å². The van der Waals surface area contributed by atoms with E-state index in [1.165, 1.54) is 19.4 Å². The fourth-order valence-corrected chi connectivity index (χ4v) is 2.66. The van der Waals surface area contributed by atoms with Gasteiger partial charge in [-0.15, -0.1) is 0 Å². The van der Waals surface area contributed by atoms with E-state index in [0.717, 1.165) is 19.6 Å². The van der Waals surface area contributed by atoms with Crippen LogP contribution in [0.3, 0.4) is 0 Å². The number of morpholine rings is 1. The van der Waals surface area contributed by atoms with E-state index in [1.54, 1.807) is 0 Å². The van der Waals surface area contributed by atoms with Crippen LogP contribution >= 0.6 is 0 Å². The Morgan fingerprint density at radius 2 is 2.33 bits per heavy atom. The molecule has 4 atom stereocenters. The Balaban J connectivity index is 1.89. The number of rotatable bonds is 3. The number of aliphatic hydroxyl groups is 1. The minimum Gasteiger partial charge on any atom is -0.390 e.